The number of anilines is 2. The minimum absolute atomic E-state index is 0.375. The normalized spacial score (nSPS) is 10.7. The van der Waals surface area contributed by atoms with Crippen LogP contribution in [-0.2, 0) is 7.05 Å². The van der Waals surface area contributed by atoms with Crippen molar-refractivity contribution < 1.29 is 13.9 Å². The minimum Gasteiger partial charge on any atom is -0.494 e. The Morgan fingerprint density at radius 2 is 1.92 bits per heavy atom. The van der Waals surface area contributed by atoms with Crippen LogP contribution in [0.25, 0.3) is 11.1 Å². The fourth-order valence-corrected chi connectivity index (χ4v) is 2.50. The van der Waals surface area contributed by atoms with Gasteiger partial charge in [-0.3, -0.25) is 4.57 Å². The van der Waals surface area contributed by atoms with Crippen molar-refractivity contribution in [2.24, 2.45) is 7.05 Å². The smallest absolute Gasteiger partial charge is 0.419 e. The lowest BCUT2D eigenvalue weighted by molar-refractivity contribution is 0.262. The predicted octanol–water partition coefficient (Wildman–Crippen LogP) is 3.48. The van der Waals surface area contributed by atoms with Gasteiger partial charge in [0.2, 0.25) is 0 Å². The van der Waals surface area contributed by atoms with Crippen molar-refractivity contribution in [1.82, 2.24) is 4.57 Å². The fourth-order valence-electron chi connectivity index (χ4n) is 2.50. The van der Waals surface area contributed by atoms with Crippen LogP contribution in [0, 0.1) is 6.92 Å². The predicted molar refractivity (Wildman–Crippen MR) is 96.4 cm³/mol. The van der Waals surface area contributed by atoms with Crippen molar-refractivity contribution in [2.75, 3.05) is 17.2 Å². The van der Waals surface area contributed by atoms with Crippen LogP contribution in [0.15, 0.2) is 45.6 Å². The Balaban J connectivity index is 1.76. The number of hydrogen-bond donors (Lipinski definition) is 2. The van der Waals surface area contributed by atoms with Crippen LogP contribution in [0.2, 0.25) is 0 Å². The Morgan fingerprint density at radius 3 is 2.60 bits per heavy atom. The summed E-state index contributed by atoms with van der Waals surface area (Å²) in [6, 6.07) is 10.2. The van der Waals surface area contributed by atoms with E-state index in [0.29, 0.717) is 29.1 Å². The first-order chi connectivity index (χ1) is 12.0. The van der Waals surface area contributed by atoms with Gasteiger partial charge in [-0.05, 0) is 55.8 Å². The van der Waals surface area contributed by atoms with Gasteiger partial charge in [0.1, 0.15) is 5.75 Å². The molecular formula is C18H19N3O4. The maximum Gasteiger partial charge on any atom is 0.419 e. The number of fused-ring (bicyclic) bond motifs is 1. The summed E-state index contributed by atoms with van der Waals surface area (Å²) in [5, 5.41) is 5.55. The number of oxazole rings is 1. The van der Waals surface area contributed by atoms with Crippen LogP contribution in [-0.4, -0.2) is 17.2 Å². The number of amides is 2. The molecule has 0 saturated carbocycles. The maximum atomic E-state index is 12.2. The highest BCUT2D eigenvalue weighted by molar-refractivity contribution is 6.01. The Morgan fingerprint density at radius 1 is 1.20 bits per heavy atom. The Kier molecular flexibility index (Phi) is 4.47. The molecule has 130 valence electrons. The molecule has 0 fully saturated rings. The molecule has 0 atom stereocenters. The third-order valence-corrected chi connectivity index (χ3v) is 3.81. The highest BCUT2D eigenvalue weighted by Crippen LogP contribution is 2.23. The van der Waals surface area contributed by atoms with Gasteiger partial charge in [0.05, 0.1) is 12.1 Å². The van der Waals surface area contributed by atoms with Crippen LogP contribution in [0.5, 0.6) is 5.75 Å². The van der Waals surface area contributed by atoms with E-state index < -0.39 is 5.76 Å². The number of rotatable bonds is 4. The molecule has 7 heteroatoms. The molecule has 0 spiro atoms. The summed E-state index contributed by atoms with van der Waals surface area (Å²) in [5.41, 5.74) is 3.15. The molecule has 25 heavy (non-hydrogen) atoms. The number of nitrogens with zero attached hydrogens (tertiary/aromatic N) is 1. The number of ether oxygens (including phenoxy) is 1. The first-order valence-electron chi connectivity index (χ1n) is 7.89. The molecule has 0 radical (unpaired) electrons. The van der Waals surface area contributed by atoms with Gasteiger partial charge in [-0.15, -0.1) is 0 Å². The standard InChI is InChI=1S/C18H19N3O4/c1-4-24-13-7-5-12(6-8-13)19-17(22)20-14-10-15-16(9-11(14)2)25-18(23)21(15)3/h5-10H,4H2,1-3H3,(H2,19,20,22). The number of hydrogen-bond acceptors (Lipinski definition) is 4. The number of aryl methyl sites for hydroxylation is 2. The molecule has 7 nitrogen and oxygen atoms in total. The molecule has 0 bridgehead atoms. The van der Waals surface area contributed by atoms with E-state index in [1.54, 1.807) is 43.4 Å². The molecule has 0 saturated heterocycles. The number of carbonyl (C=O) groups excluding carboxylic acids is 1. The average Bonchev–Trinajstić information content (AvgIpc) is 2.84. The first kappa shape index (κ1) is 16.6. The van der Waals surface area contributed by atoms with Crippen molar-refractivity contribution in [3.63, 3.8) is 0 Å². The SMILES string of the molecule is CCOc1ccc(NC(=O)Nc2cc3c(cc2C)oc(=O)n3C)cc1. The van der Waals surface area contributed by atoms with Crippen molar-refractivity contribution in [3.05, 3.63) is 52.5 Å². The second-order valence-electron chi connectivity index (χ2n) is 5.60. The lowest BCUT2D eigenvalue weighted by Crippen LogP contribution is -2.20. The zero-order valence-corrected chi connectivity index (χ0v) is 14.3. The highest BCUT2D eigenvalue weighted by Gasteiger charge is 2.11. The van der Waals surface area contributed by atoms with Crippen LogP contribution in [0.3, 0.4) is 0 Å². The first-order valence-corrected chi connectivity index (χ1v) is 7.89. The molecule has 2 N–H and O–H groups in total. The third-order valence-electron chi connectivity index (χ3n) is 3.81. The quantitative estimate of drug-likeness (QED) is 0.761. The number of urea groups is 1. The number of benzene rings is 2. The van der Waals surface area contributed by atoms with Crippen LogP contribution in [0.1, 0.15) is 12.5 Å². The zero-order valence-electron chi connectivity index (χ0n) is 14.3. The van der Waals surface area contributed by atoms with Gasteiger partial charge < -0.3 is 19.8 Å². The molecular weight excluding hydrogens is 322 g/mol. The van der Waals surface area contributed by atoms with Gasteiger partial charge in [0.25, 0.3) is 0 Å². The van der Waals surface area contributed by atoms with E-state index in [1.807, 2.05) is 13.8 Å². The van der Waals surface area contributed by atoms with Crippen LogP contribution >= 0.6 is 0 Å². The molecule has 0 aliphatic heterocycles. The molecule has 1 heterocycles. The molecule has 2 aromatic carbocycles. The summed E-state index contributed by atoms with van der Waals surface area (Å²) < 4.78 is 11.9. The summed E-state index contributed by atoms with van der Waals surface area (Å²) in [6.45, 7) is 4.33. The molecule has 1 aromatic heterocycles. The minimum atomic E-state index is -0.439. The molecule has 2 amide bonds. The van der Waals surface area contributed by atoms with Crippen molar-refractivity contribution in [3.8, 4) is 5.75 Å². The summed E-state index contributed by atoms with van der Waals surface area (Å²) in [7, 11) is 1.62. The van der Waals surface area contributed by atoms with Gasteiger partial charge in [-0.1, -0.05) is 0 Å². The molecule has 0 aliphatic carbocycles. The summed E-state index contributed by atoms with van der Waals surface area (Å²) in [5.74, 6) is 0.306. The van der Waals surface area contributed by atoms with E-state index in [0.717, 1.165) is 11.3 Å². The largest absolute Gasteiger partial charge is 0.494 e. The van der Waals surface area contributed by atoms with Crippen LogP contribution in [0.4, 0.5) is 16.2 Å². The van der Waals surface area contributed by atoms with Crippen molar-refractivity contribution in [2.45, 2.75) is 13.8 Å². The Hall–Kier alpha value is -3.22. The maximum absolute atomic E-state index is 12.2. The summed E-state index contributed by atoms with van der Waals surface area (Å²) >= 11 is 0. The van der Waals surface area contributed by atoms with E-state index in [-0.39, 0.29) is 6.03 Å². The highest BCUT2D eigenvalue weighted by atomic mass is 16.5. The van der Waals surface area contributed by atoms with E-state index in [4.69, 9.17) is 9.15 Å². The second kappa shape index (κ2) is 6.72. The topological polar surface area (TPSA) is 85.5 Å². The second-order valence-corrected chi connectivity index (χ2v) is 5.60. The number of carbonyl (C=O) groups is 1. The van der Waals surface area contributed by atoms with E-state index in [1.165, 1.54) is 4.57 Å². The fraction of sp³-hybridized carbons (Fsp3) is 0.222. The Labute approximate surface area is 144 Å². The number of nitrogens with one attached hydrogen (secondary N) is 2. The van der Waals surface area contributed by atoms with Crippen molar-refractivity contribution >= 4 is 28.5 Å². The third kappa shape index (κ3) is 3.50. The number of aromatic nitrogens is 1. The van der Waals surface area contributed by atoms with Gasteiger partial charge >= 0.3 is 11.8 Å². The summed E-state index contributed by atoms with van der Waals surface area (Å²) in [6.07, 6.45) is 0. The monoisotopic (exact) mass is 341 g/mol. The van der Waals surface area contributed by atoms with Crippen molar-refractivity contribution in [1.29, 1.82) is 0 Å². The van der Waals surface area contributed by atoms with Crippen LogP contribution < -0.4 is 21.1 Å². The Bertz CT molecular complexity index is 970. The van der Waals surface area contributed by atoms with E-state index in [9.17, 15) is 9.59 Å². The molecule has 0 aliphatic rings. The average molecular weight is 341 g/mol. The molecule has 3 rings (SSSR count). The van der Waals surface area contributed by atoms with E-state index in [2.05, 4.69) is 10.6 Å². The van der Waals surface area contributed by atoms with Gasteiger partial charge in [0.15, 0.2) is 5.58 Å². The molecule has 0 unspecified atom stereocenters. The van der Waals surface area contributed by atoms with E-state index >= 15 is 0 Å². The van der Waals surface area contributed by atoms with Gasteiger partial charge in [-0.25, -0.2) is 9.59 Å². The zero-order chi connectivity index (χ0) is 18.0. The van der Waals surface area contributed by atoms with Gasteiger partial charge in [-0.2, -0.15) is 0 Å². The lowest BCUT2D eigenvalue weighted by Gasteiger charge is -2.11. The summed E-state index contributed by atoms with van der Waals surface area (Å²) in [4.78, 5) is 23.8. The molecule has 3 aromatic rings. The van der Waals surface area contributed by atoms with Gasteiger partial charge in [0, 0.05) is 18.4 Å². The lowest BCUT2D eigenvalue weighted by atomic mass is 10.2.